The summed E-state index contributed by atoms with van der Waals surface area (Å²) >= 11 is 0. The molecule has 0 aliphatic rings. The lowest BCUT2D eigenvalue weighted by atomic mass is 10.2. The maximum atomic E-state index is 13.7. The molecule has 0 spiro atoms. The molecule has 2 rings (SSSR count). The van der Waals surface area contributed by atoms with Gasteiger partial charge in [-0.3, -0.25) is 4.85 Å². The van der Waals surface area contributed by atoms with E-state index in [0.717, 1.165) is 17.7 Å². The van der Waals surface area contributed by atoms with Gasteiger partial charge in [-0.25, -0.2) is 23.8 Å². The van der Waals surface area contributed by atoms with E-state index in [0.29, 0.717) is 6.07 Å². The van der Waals surface area contributed by atoms with Crippen LogP contribution in [-0.4, -0.2) is 8.42 Å². The van der Waals surface area contributed by atoms with Crippen LogP contribution in [0.15, 0.2) is 47.4 Å². The first-order valence-electron chi connectivity index (χ1n) is 5.98. The van der Waals surface area contributed by atoms with Crippen molar-refractivity contribution in [2.75, 3.05) is 0 Å². The van der Waals surface area contributed by atoms with Crippen LogP contribution in [0, 0.1) is 25.1 Å². The zero-order valence-corrected chi connectivity index (χ0v) is 11.9. The van der Waals surface area contributed by atoms with Gasteiger partial charge in [0.1, 0.15) is 11.6 Å². The fraction of sp³-hybridized carbons (Fsp3) is 0.133. The summed E-state index contributed by atoms with van der Waals surface area (Å²) < 4.78 is 51.5. The van der Waals surface area contributed by atoms with E-state index in [2.05, 4.69) is 4.85 Å². The SMILES string of the molecule is [C-]#[N+]C(c1ccc(F)cc1F)S(=O)(=O)c1ccc(C)cc1. The number of benzene rings is 2. The third kappa shape index (κ3) is 2.93. The minimum Gasteiger partial charge on any atom is -0.291 e. The van der Waals surface area contributed by atoms with Crippen LogP contribution < -0.4 is 0 Å². The first kappa shape index (κ1) is 15.1. The van der Waals surface area contributed by atoms with E-state index >= 15 is 0 Å². The minimum atomic E-state index is -4.07. The molecule has 21 heavy (non-hydrogen) atoms. The second kappa shape index (κ2) is 5.62. The van der Waals surface area contributed by atoms with Crippen molar-refractivity contribution >= 4 is 9.84 Å². The Labute approximate surface area is 121 Å². The molecule has 0 bridgehead atoms. The maximum Gasteiger partial charge on any atom is 0.353 e. The quantitative estimate of drug-likeness (QED) is 0.812. The maximum absolute atomic E-state index is 13.7. The van der Waals surface area contributed by atoms with Crippen molar-refractivity contribution in [1.29, 1.82) is 0 Å². The van der Waals surface area contributed by atoms with E-state index in [9.17, 15) is 17.2 Å². The highest BCUT2D eigenvalue weighted by Gasteiger charge is 2.36. The van der Waals surface area contributed by atoms with Crippen molar-refractivity contribution in [1.82, 2.24) is 0 Å². The van der Waals surface area contributed by atoms with E-state index in [1.54, 1.807) is 19.1 Å². The Bertz CT molecular complexity index is 809. The van der Waals surface area contributed by atoms with E-state index in [1.165, 1.54) is 12.1 Å². The Morgan fingerprint density at radius 1 is 1.10 bits per heavy atom. The fourth-order valence-corrected chi connectivity index (χ4v) is 3.30. The van der Waals surface area contributed by atoms with E-state index in [-0.39, 0.29) is 10.5 Å². The van der Waals surface area contributed by atoms with Crippen molar-refractivity contribution in [3.05, 3.63) is 76.6 Å². The third-order valence-corrected chi connectivity index (χ3v) is 4.87. The largest absolute Gasteiger partial charge is 0.353 e. The van der Waals surface area contributed by atoms with E-state index < -0.39 is 26.8 Å². The van der Waals surface area contributed by atoms with Gasteiger partial charge >= 0.3 is 5.37 Å². The minimum absolute atomic E-state index is 0.0715. The van der Waals surface area contributed by atoms with Crippen molar-refractivity contribution < 1.29 is 17.2 Å². The Morgan fingerprint density at radius 2 is 1.71 bits per heavy atom. The van der Waals surface area contributed by atoms with Gasteiger partial charge in [-0.2, -0.15) is 0 Å². The Balaban J connectivity index is 2.55. The van der Waals surface area contributed by atoms with Gasteiger partial charge in [-0.15, -0.1) is 0 Å². The number of nitrogens with zero attached hydrogens (tertiary/aromatic N) is 1. The molecule has 108 valence electrons. The van der Waals surface area contributed by atoms with E-state index in [1.807, 2.05) is 0 Å². The van der Waals surface area contributed by atoms with Crippen LogP contribution in [0.1, 0.15) is 16.5 Å². The molecular weight excluding hydrogens is 296 g/mol. The van der Waals surface area contributed by atoms with Gasteiger partial charge in [0.05, 0.1) is 10.5 Å². The number of hydrogen-bond donors (Lipinski definition) is 0. The lowest BCUT2D eigenvalue weighted by Gasteiger charge is -2.09. The average molecular weight is 307 g/mol. The van der Waals surface area contributed by atoms with Crippen LogP contribution in [0.25, 0.3) is 4.85 Å². The lowest BCUT2D eigenvalue weighted by Crippen LogP contribution is -2.12. The lowest BCUT2D eigenvalue weighted by molar-refractivity contribution is 0.563. The van der Waals surface area contributed by atoms with Gasteiger partial charge in [-0.1, -0.05) is 17.7 Å². The highest BCUT2D eigenvalue weighted by Crippen LogP contribution is 2.32. The van der Waals surface area contributed by atoms with Gasteiger partial charge in [0.15, 0.2) is 0 Å². The first-order chi connectivity index (χ1) is 9.86. The molecule has 0 aliphatic carbocycles. The summed E-state index contributed by atoms with van der Waals surface area (Å²) in [6, 6.07) is 8.40. The average Bonchev–Trinajstić information content (AvgIpc) is 2.42. The van der Waals surface area contributed by atoms with Crippen LogP contribution in [0.3, 0.4) is 0 Å². The molecule has 0 amide bonds. The molecule has 0 fully saturated rings. The van der Waals surface area contributed by atoms with Crippen LogP contribution >= 0.6 is 0 Å². The molecule has 3 nitrogen and oxygen atoms in total. The highest BCUT2D eigenvalue weighted by atomic mass is 32.2. The monoisotopic (exact) mass is 307 g/mol. The molecule has 6 heteroatoms. The summed E-state index contributed by atoms with van der Waals surface area (Å²) in [4.78, 5) is 2.95. The van der Waals surface area contributed by atoms with E-state index in [4.69, 9.17) is 6.57 Å². The van der Waals surface area contributed by atoms with Gasteiger partial charge in [0, 0.05) is 6.07 Å². The smallest absolute Gasteiger partial charge is 0.291 e. The summed E-state index contributed by atoms with van der Waals surface area (Å²) in [6.45, 7) is 8.87. The molecule has 2 aromatic carbocycles. The Morgan fingerprint density at radius 3 is 2.24 bits per heavy atom. The predicted molar refractivity (Wildman–Crippen MR) is 74.1 cm³/mol. The summed E-state index contributed by atoms with van der Waals surface area (Å²) in [7, 11) is -4.07. The third-order valence-electron chi connectivity index (χ3n) is 2.99. The molecular formula is C15H11F2NO2S. The molecule has 1 unspecified atom stereocenters. The Kier molecular flexibility index (Phi) is 4.05. The number of sulfone groups is 1. The zero-order valence-electron chi connectivity index (χ0n) is 11.0. The van der Waals surface area contributed by atoms with Gasteiger partial charge in [0.2, 0.25) is 0 Å². The molecule has 1 atom stereocenters. The normalized spacial score (nSPS) is 12.7. The molecule has 0 saturated heterocycles. The van der Waals surface area contributed by atoms with Crippen LogP contribution in [-0.2, 0) is 9.84 Å². The van der Waals surface area contributed by atoms with Crippen LogP contribution in [0.5, 0.6) is 0 Å². The van der Waals surface area contributed by atoms with Crippen LogP contribution in [0.4, 0.5) is 8.78 Å². The number of rotatable bonds is 3. The fourth-order valence-electron chi connectivity index (χ4n) is 1.86. The highest BCUT2D eigenvalue weighted by molar-refractivity contribution is 7.91. The van der Waals surface area contributed by atoms with Gasteiger partial charge in [-0.05, 0) is 31.2 Å². The summed E-state index contributed by atoms with van der Waals surface area (Å²) in [6.07, 6.45) is 0. The topological polar surface area (TPSA) is 38.5 Å². The van der Waals surface area contributed by atoms with Gasteiger partial charge < -0.3 is 0 Å². The van der Waals surface area contributed by atoms with Crippen molar-refractivity contribution in [3.63, 3.8) is 0 Å². The van der Waals surface area contributed by atoms with Crippen molar-refractivity contribution in [2.45, 2.75) is 17.2 Å². The summed E-state index contributed by atoms with van der Waals surface area (Å²) in [5.74, 6) is -1.88. The standard InChI is InChI=1S/C15H11F2NO2S/c1-10-3-6-12(7-4-10)21(19,20)15(18-2)13-8-5-11(16)9-14(13)17/h3-9,15H,1H3. The molecule has 0 aliphatic heterocycles. The zero-order chi connectivity index (χ0) is 15.6. The molecule has 0 saturated carbocycles. The van der Waals surface area contributed by atoms with Crippen molar-refractivity contribution in [2.24, 2.45) is 0 Å². The summed E-state index contributed by atoms with van der Waals surface area (Å²) in [5, 5.41) is -1.74. The molecule has 0 N–H and O–H groups in total. The van der Waals surface area contributed by atoms with Gasteiger partial charge in [0.25, 0.3) is 9.84 Å². The Hall–Kier alpha value is -2.26. The number of aryl methyl sites for hydroxylation is 1. The second-order valence-electron chi connectivity index (χ2n) is 4.51. The molecule has 2 aromatic rings. The van der Waals surface area contributed by atoms with Crippen molar-refractivity contribution in [3.8, 4) is 0 Å². The number of hydrogen-bond acceptors (Lipinski definition) is 2. The molecule has 0 aromatic heterocycles. The summed E-state index contributed by atoms with van der Waals surface area (Å²) in [5.41, 5.74) is 0.508. The predicted octanol–water partition coefficient (Wildman–Crippen LogP) is 3.67. The second-order valence-corrected chi connectivity index (χ2v) is 6.51. The number of halogens is 2. The molecule has 0 radical (unpaired) electrons. The first-order valence-corrected chi connectivity index (χ1v) is 7.53. The molecule has 0 heterocycles. The van der Waals surface area contributed by atoms with Crippen LogP contribution in [0.2, 0.25) is 0 Å².